The van der Waals surface area contributed by atoms with Crippen LogP contribution in [0.5, 0.6) is 0 Å². The molecular weight excluding hydrogens is 296 g/mol. The van der Waals surface area contributed by atoms with Gasteiger partial charge in [-0.1, -0.05) is 6.07 Å². The minimum absolute atomic E-state index is 0. The van der Waals surface area contributed by atoms with Gasteiger partial charge < -0.3 is 10.6 Å². The summed E-state index contributed by atoms with van der Waals surface area (Å²) in [5.74, 6) is -0.0539. The van der Waals surface area contributed by atoms with Crippen LogP contribution in [0.2, 0.25) is 0 Å². The molecule has 0 radical (unpaired) electrons. The molecule has 1 aliphatic rings. The lowest BCUT2D eigenvalue weighted by Gasteiger charge is -2.18. The number of hydrogen-bond donors (Lipinski definition) is 2. The van der Waals surface area contributed by atoms with E-state index in [9.17, 15) is 4.79 Å². The van der Waals surface area contributed by atoms with Gasteiger partial charge in [0.2, 0.25) is 0 Å². The lowest BCUT2D eigenvalue weighted by molar-refractivity contribution is 0.102. The monoisotopic (exact) mass is 316 g/mol. The van der Waals surface area contributed by atoms with Crippen molar-refractivity contribution < 1.29 is 4.79 Å². The highest BCUT2D eigenvalue weighted by atomic mass is 35.5. The van der Waals surface area contributed by atoms with Crippen molar-refractivity contribution in [3.63, 3.8) is 0 Å². The number of aryl methyl sites for hydroxylation is 3. The van der Waals surface area contributed by atoms with Crippen LogP contribution in [0.15, 0.2) is 36.4 Å². The minimum atomic E-state index is -0.0539. The van der Waals surface area contributed by atoms with Crippen LogP contribution in [-0.2, 0) is 6.42 Å². The van der Waals surface area contributed by atoms with Crippen molar-refractivity contribution in [3.8, 4) is 0 Å². The molecule has 1 heterocycles. The van der Waals surface area contributed by atoms with Crippen molar-refractivity contribution in [1.82, 2.24) is 0 Å². The van der Waals surface area contributed by atoms with Gasteiger partial charge in [-0.3, -0.25) is 4.79 Å². The van der Waals surface area contributed by atoms with Gasteiger partial charge in [0.1, 0.15) is 0 Å². The molecular formula is C18H21ClN2O. The molecule has 0 atom stereocenters. The summed E-state index contributed by atoms with van der Waals surface area (Å²) in [4.78, 5) is 12.3. The van der Waals surface area contributed by atoms with Crippen molar-refractivity contribution in [1.29, 1.82) is 0 Å². The van der Waals surface area contributed by atoms with Gasteiger partial charge in [0.15, 0.2) is 0 Å². The maximum atomic E-state index is 12.3. The van der Waals surface area contributed by atoms with Crippen molar-refractivity contribution in [2.24, 2.45) is 0 Å². The quantitative estimate of drug-likeness (QED) is 0.865. The number of rotatable bonds is 2. The summed E-state index contributed by atoms with van der Waals surface area (Å²) in [5, 5.41) is 6.36. The van der Waals surface area contributed by atoms with Crippen molar-refractivity contribution in [3.05, 3.63) is 58.7 Å². The number of fused-ring (bicyclic) bond motifs is 1. The van der Waals surface area contributed by atoms with Gasteiger partial charge in [0.25, 0.3) is 5.91 Å². The van der Waals surface area contributed by atoms with Crippen LogP contribution in [0.4, 0.5) is 11.4 Å². The maximum Gasteiger partial charge on any atom is 0.255 e. The van der Waals surface area contributed by atoms with Gasteiger partial charge in [0.05, 0.1) is 0 Å². The van der Waals surface area contributed by atoms with Gasteiger partial charge in [-0.05, 0) is 73.7 Å². The normalized spacial score (nSPS) is 12.6. The van der Waals surface area contributed by atoms with Crippen molar-refractivity contribution in [2.45, 2.75) is 26.7 Å². The molecule has 3 rings (SSSR count). The van der Waals surface area contributed by atoms with Gasteiger partial charge in [-0.2, -0.15) is 0 Å². The molecule has 0 saturated carbocycles. The van der Waals surface area contributed by atoms with Crippen molar-refractivity contribution >= 4 is 29.7 Å². The first-order chi connectivity index (χ1) is 10.1. The maximum absolute atomic E-state index is 12.3. The van der Waals surface area contributed by atoms with E-state index in [4.69, 9.17) is 0 Å². The third-order valence-electron chi connectivity index (χ3n) is 4.07. The van der Waals surface area contributed by atoms with Gasteiger partial charge in [0, 0.05) is 23.5 Å². The van der Waals surface area contributed by atoms with Crippen LogP contribution in [0.1, 0.15) is 33.5 Å². The van der Waals surface area contributed by atoms with Crippen LogP contribution in [0, 0.1) is 13.8 Å². The average Bonchev–Trinajstić information content (AvgIpc) is 2.50. The molecule has 0 aromatic heterocycles. The lowest BCUT2D eigenvalue weighted by Crippen LogP contribution is -2.15. The second-order valence-electron chi connectivity index (χ2n) is 5.66. The Kier molecular flexibility index (Phi) is 5.09. The van der Waals surface area contributed by atoms with E-state index in [1.165, 1.54) is 16.8 Å². The fourth-order valence-electron chi connectivity index (χ4n) is 2.64. The summed E-state index contributed by atoms with van der Waals surface area (Å²) in [5.41, 5.74) is 6.36. The Bertz CT molecular complexity index is 697. The highest BCUT2D eigenvalue weighted by Crippen LogP contribution is 2.25. The van der Waals surface area contributed by atoms with Gasteiger partial charge in [-0.25, -0.2) is 0 Å². The molecule has 0 unspecified atom stereocenters. The third kappa shape index (κ3) is 3.42. The highest BCUT2D eigenvalue weighted by Gasteiger charge is 2.11. The number of carbonyl (C=O) groups is 1. The number of halogens is 1. The summed E-state index contributed by atoms with van der Waals surface area (Å²) >= 11 is 0. The largest absolute Gasteiger partial charge is 0.385 e. The van der Waals surface area contributed by atoms with E-state index in [-0.39, 0.29) is 18.3 Å². The summed E-state index contributed by atoms with van der Waals surface area (Å²) in [6.07, 6.45) is 2.21. The molecule has 116 valence electrons. The number of hydrogen-bond acceptors (Lipinski definition) is 2. The number of carbonyl (C=O) groups excluding carboxylic acids is 1. The van der Waals surface area contributed by atoms with Crippen LogP contribution in [-0.4, -0.2) is 12.5 Å². The summed E-state index contributed by atoms with van der Waals surface area (Å²) in [7, 11) is 0. The molecule has 0 fully saturated rings. The van der Waals surface area contributed by atoms with Crippen LogP contribution in [0.25, 0.3) is 0 Å². The predicted octanol–water partition coefficient (Wildman–Crippen LogP) is 4.34. The van der Waals surface area contributed by atoms with E-state index < -0.39 is 0 Å². The van der Waals surface area contributed by atoms with E-state index in [0.29, 0.717) is 5.56 Å². The third-order valence-corrected chi connectivity index (χ3v) is 4.07. The zero-order valence-corrected chi connectivity index (χ0v) is 13.7. The lowest BCUT2D eigenvalue weighted by atomic mass is 10.0. The van der Waals surface area contributed by atoms with Gasteiger partial charge >= 0.3 is 0 Å². The number of nitrogens with one attached hydrogen (secondary N) is 2. The van der Waals surface area contributed by atoms with E-state index in [0.717, 1.165) is 30.6 Å². The topological polar surface area (TPSA) is 41.1 Å². The Morgan fingerprint density at radius 3 is 2.68 bits per heavy atom. The first-order valence-electron chi connectivity index (χ1n) is 7.39. The Balaban J connectivity index is 0.00000176. The zero-order chi connectivity index (χ0) is 14.8. The Morgan fingerprint density at radius 2 is 1.91 bits per heavy atom. The second kappa shape index (κ2) is 6.84. The zero-order valence-electron chi connectivity index (χ0n) is 12.9. The molecule has 1 aliphatic heterocycles. The Morgan fingerprint density at radius 1 is 1.09 bits per heavy atom. The first-order valence-corrected chi connectivity index (χ1v) is 7.39. The number of anilines is 2. The molecule has 2 N–H and O–H groups in total. The van der Waals surface area contributed by atoms with E-state index >= 15 is 0 Å². The Labute approximate surface area is 137 Å². The van der Waals surface area contributed by atoms with Crippen LogP contribution in [0.3, 0.4) is 0 Å². The van der Waals surface area contributed by atoms with E-state index in [1.807, 2.05) is 44.2 Å². The Hall–Kier alpha value is -2.00. The fourth-order valence-corrected chi connectivity index (χ4v) is 2.64. The smallest absolute Gasteiger partial charge is 0.255 e. The first kappa shape index (κ1) is 16.4. The molecule has 22 heavy (non-hydrogen) atoms. The summed E-state index contributed by atoms with van der Waals surface area (Å²) in [6, 6.07) is 11.9. The summed E-state index contributed by atoms with van der Waals surface area (Å²) in [6.45, 7) is 5.10. The molecule has 3 nitrogen and oxygen atoms in total. The second-order valence-corrected chi connectivity index (χ2v) is 5.66. The minimum Gasteiger partial charge on any atom is -0.385 e. The molecule has 2 aromatic rings. The molecule has 0 bridgehead atoms. The highest BCUT2D eigenvalue weighted by molar-refractivity contribution is 6.04. The molecule has 0 saturated heterocycles. The molecule has 1 amide bonds. The van der Waals surface area contributed by atoms with Gasteiger partial charge in [-0.15, -0.1) is 12.4 Å². The molecule has 0 spiro atoms. The summed E-state index contributed by atoms with van der Waals surface area (Å²) < 4.78 is 0. The standard InChI is InChI=1S/C18H20N2O.ClH/c1-12-5-6-15(10-13(12)2)18(21)20-16-7-8-17-14(11-16)4-3-9-19-17;/h5-8,10-11,19H,3-4,9H2,1-2H3,(H,20,21);1H. The molecule has 0 aliphatic carbocycles. The molecule has 2 aromatic carbocycles. The van der Waals surface area contributed by atoms with E-state index in [2.05, 4.69) is 16.7 Å². The van der Waals surface area contributed by atoms with Crippen LogP contribution >= 0.6 is 12.4 Å². The molecule has 4 heteroatoms. The van der Waals surface area contributed by atoms with Crippen LogP contribution < -0.4 is 10.6 Å². The van der Waals surface area contributed by atoms with Crippen molar-refractivity contribution in [2.75, 3.05) is 17.2 Å². The number of benzene rings is 2. The average molecular weight is 317 g/mol. The predicted molar refractivity (Wildman–Crippen MR) is 94.4 cm³/mol. The number of amides is 1. The van der Waals surface area contributed by atoms with E-state index in [1.54, 1.807) is 0 Å². The SMILES string of the molecule is Cc1ccc(C(=O)Nc2ccc3c(c2)CCCN3)cc1C.Cl. The fraction of sp³-hybridized carbons (Fsp3) is 0.278.